The minimum atomic E-state index is -0.158. The fraction of sp³-hybridized carbons (Fsp3) is 0.174. The molecule has 1 N–H and O–H groups in total. The highest BCUT2D eigenvalue weighted by atomic mass is 32.1. The van der Waals surface area contributed by atoms with E-state index in [4.69, 9.17) is 9.72 Å². The molecule has 0 saturated heterocycles. The average molecular weight is 417 g/mol. The summed E-state index contributed by atoms with van der Waals surface area (Å²) in [4.78, 5) is 23.9. The second kappa shape index (κ2) is 7.42. The number of anilines is 3. The van der Waals surface area contributed by atoms with E-state index in [1.54, 1.807) is 7.11 Å². The maximum absolute atomic E-state index is 12.5. The number of nitrogens with one attached hydrogen (secondary N) is 1. The molecular formula is C23H20N4O2S. The van der Waals surface area contributed by atoms with Gasteiger partial charge in [-0.25, -0.2) is 9.97 Å². The molecule has 5 rings (SSSR count). The Morgan fingerprint density at radius 3 is 2.70 bits per heavy atom. The number of benzene rings is 2. The van der Waals surface area contributed by atoms with Crippen molar-refractivity contribution in [2.45, 2.75) is 13.3 Å². The van der Waals surface area contributed by atoms with E-state index in [1.807, 2.05) is 54.8 Å². The van der Waals surface area contributed by atoms with Gasteiger partial charge in [0.05, 0.1) is 18.3 Å². The quantitative estimate of drug-likeness (QED) is 0.510. The van der Waals surface area contributed by atoms with Crippen LogP contribution in [0.4, 0.5) is 16.6 Å². The standard InChI is InChI=1S/C23H20N4O2S/c1-14-13-30-23(24-14)26-22(28)15-3-6-18(7-4-15)27-10-9-17-11-16-5-8-19(29-2)12-20(16)25-21(17)27/h3-8,11-13H,9-10H2,1-2H3,(H,24,26,28). The van der Waals surface area contributed by atoms with Crippen molar-refractivity contribution in [3.8, 4) is 5.75 Å². The summed E-state index contributed by atoms with van der Waals surface area (Å²) in [6.45, 7) is 2.77. The zero-order valence-corrected chi connectivity index (χ0v) is 17.5. The van der Waals surface area contributed by atoms with Gasteiger partial charge in [-0.1, -0.05) is 0 Å². The molecule has 3 heterocycles. The first kappa shape index (κ1) is 18.6. The summed E-state index contributed by atoms with van der Waals surface area (Å²) in [6.07, 6.45) is 0.940. The predicted molar refractivity (Wildman–Crippen MR) is 120 cm³/mol. The van der Waals surface area contributed by atoms with Gasteiger partial charge < -0.3 is 9.64 Å². The van der Waals surface area contributed by atoms with Crippen molar-refractivity contribution in [1.29, 1.82) is 0 Å². The number of ether oxygens (including phenoxy) is 1. The van der Waals surface area contributed by atoms with Crippen LogP contribution in [0.1, 0.15) is 21.6 Å². The van der Waals surface area contributed by atoms with Gasteiger partial charge in [0.25, 0.3) is 5.91 Å². The zero-order valence-electron chi connectivity index (χ0n) is 16.7. The summed E-state index contributed by atoms with van der Waals surface area (Å²) in [5.41, 5.74) is 4.66. The number of hydrogen-bond acceptors (Lipinski definition) is 6. The topological polar surface area (TPSA) is 67.3 Å². The lowest BCUT2D eigenvalue weighted by Crippen LogP contribution is -2.15. The molecule has 150 valence electrons. The Kier molecular flexibility index (Phi) is 4.59. The van der Waals surface area contributed by atoms with E-state index in [9.17, 15) is 4.79 Å². The van der Waals surface area contributed by atoms with Gasteiger partial charge in [0.1, 0.15) is 11.6 Å². The van der Waals surface area contributed by atoms with Crippen LogP contribution in [0.3, 0.4) is 0 Å². The third-order valence-corrected chi connectivity index (χ3v) is 6.10. The summed E-state index contributed by atoms with van der Waals surface area (Å²) in [7, 11) is 1.66. The van der Waals surface area contributed by atoms with Gasteiger partial charge >= 0.3 is 0 Å². The van der Waals surface area contributed by atoms with E-state index in [-0.39, 0.29) is 5.91 Å². The Balaban J connectivity index is 1.40. The SMILES string of the molecule is COc1ccc2cc3c(nc2c1)N(c1ccc(C(=O)Nc2nc(C)cs2)cc1)CC3. The van der Waals surface area contributed by atoms with Crippen molar-refractivity contribution in [3.63, 3.8) is 0 Å². The first-order valence-corrected chi connectivity index (χ1v) is 10.6. The first-order valence-electron chi connectivity index (χ1n) is 9.69. The lowest BCUT2D eigenvalue weighted by molar-refractivity contribution is 0.102. The fourth-order valence-electron chi connectivity index (χ4n) is 3.69. The Hall–Kier alpha value is -3.45. The molecule has 7 heteroatoms. The van der Waals surface area contributed by atoms with Crippen molar-refractivity contribution in [3.05, 3.63) is 70.7 Å². The Bertz CT molecular complexity index is 1250. The van der Waals surface area contributed by atoms with E-state index in [0.29, 0.717) is 10.7 Å². The largest absolute Gasteiger partial charge is 0.497 e. The maximum Gasteiger partial charge on any atom is 0.257 e. The number of nitrogens with zero attached hydrogens (tertiary/aromatic N) is 3. The number of methoxy groups -OCH3 is 1. The smallest absolute Gasteiger partial charge is 0.257 e. The lowest BCUT2D eigenvalue weighted by atomic mass is 10.1. The highest BCUT2D eigenvalue weighted by Gasteiger charge is 2.23. The summed E-state index contributed by atoms with van der Waals surface area (Å²) >= 11 is 1.42. The van der Waals surface area contributed by atoms with Crippen LogP contribution in [0.2, 0.25) is 0 Å². The van der Waals surface area contributed by atoms with E-state index in [0.717, 1.165) is 46.8 Å². The molecule has 0 aliphatic carbocycles. The molecule has 0 saturated carbocycles. The van der Waals surface area contributed by atoms with Gasteiger partial charge in [-0.2, -0.15) is 0 Å². The molecular weight excluding hydrogens is 396 g/mol. The third-order valence-electron chi connectivity index (χ3n) is 5.22. The van der Waals surface area contributed by atoms with Gasteiger partial charge in [-0.05, 0) is 61.4 Å². The molecule has 0 unspecified atom stereocenters. The minimum Gasteiger partial charge on any atom is -0.497 e. The van der Waals surface area contributed by atoms with Crippen LogP contribution in [0.25, 0.3) is 10.9 Å². The highest BCUT2D eigenvalue weighted by Crippen LogP contribution is 2.35. The summed E-state index contributed by atoms with van der Waals surface area (Å²) in [5.74, 6) is 1.60. The first-order chi connectivity index (χ1) is 14.6. The van der Waals surface area contributed by atoms with Crippen LogP contribution >= 0.6 is 11.3 Å². The van der Waals surface area contributed by atoms with Crippen LogP contribution in [0, 0.1) is 6.92 Å². The zero-order chi connectivity index (χ0) is 20.7. The van der Waals surface area contributed by atoms with Crippen LogP contribution < -0.4 is 15.0 Å². The minimum absolute atomic E-state index is 0.158. The van der Waals surface area contributed by atoms with Crippen molar-refractivity contribution < 1.29 is 9.53 Å². The second-order valence-electron chi connectivity index (χ2n) is 7.23. The van der Waals surface area contributed by atoms with E-state index < -0.39 is 0 Å². The van der Waals surface area contributed by atoms with E-state index in [1.165, 1.54) is 16.9 Å². The monoisotopic (exact) mass is 416 g/mol. The van der Waals surface area contributed by atoms with Gasteiger partial charge in [-0.15, -0.1) is 11.3 Å². The summed E-state index contributed by atoms with van der Waals surface area (Å²) < 4.78 is 5.34. The van der Waals surface area contributed by atoms with Gasteiger partial charge in [0.2, 0.25) is 0 Å². The van der Waals surface area contributed by atoms with Crippen LogP contribution in [-0.4, -0.2) is 29.5 Å². The lowest BCUT2D eigenvalue weighted by Gasteiger charge is -2.19. The van der Waals surface area contributed by atoms with Gasteiger partial charge in [0, 0.05) is 34.6 Å². The number of fused-ring (bicyclic) bond motifs is 2. The Labute approximate surface area is 178 Å². The van der Waals surface area contributed by atoms with Crippen molar-refractivity contribution in [2.75, 3.05) is 23.9 Å². The van der Waals surface area contributed by atoms with Crippen LogP contribution in [0.15, 0.2) is 53.9 Å². The van der Waals surface area contributed by atoms with Crippen molar-refractivity contribution in [1.82, 2.24) is 9.97 Å². The van der Waals surface area contributed by atoms with Gasteiger partial charge in [0.15, 0.2) is 5.13 Å². The molecule has 1 amide bonds. The van der Waals surface area contributed by atoms with E-state index >= 15 is 0 Å². The summed E-state index contributed by atoms with van der Waals surface area (Å²) in [6, 6.07) is 15.8. The number of carbonyl (C=O) groups is 1. The highest BCUT2D eigenvalue weighted by molar-refractivity contribution is 7.13. The number of rotatable bonds is 4. The molecule has 0 radical (unpaired) electrons. The Morgan fingerprint density at radius 1 is 1.13 bits per heavy atom. The second-order valence-corrected chi connectivity index (χ2v) is 8.08. The van der Waals surface area contributed by atoms with Crippen molar-refractivity contribution in [2.24, 2.45) is 0 Å². The molecule has 30 heavy (non-hydrogen) atoms. The number of carbonyl (C=O) groups excluding carboxylic acids is 1. The van der Waals surface area contributed by atoms with Crippen LogP contribution in [0.5, 0.6) is 5.75 Å². The molecule has 1 aliphatic heterocycles. The molecule has 2 aromatic heterocycles. The van der Waals surface area contributed by atoms with Crippen LogP contribution in [-0.2, 0) is 6.42 Å². The molecule has 0 atom stereocenters. The molecule has 4 aromatic rings. The molecule has 0 fully saturated rings. The number of hydrogen-bond donors (Lipinski definition) is 1. The average Bonchev–Trinajstić information content (AvgIpc) is 3.37. The number of aromatic nitrogens is 2. The predicted octanol–water partition coefficient (Wildman–Crippen LogP) is 4.95. The molecule has 0 bridgehead atoms. The van der Waals surface area contributed by atoms with Gasteiger partial charge in [-0.3, -0.25) is 10.1 Å². The number of amides is 1. The molecule has 2 aromatic carbocycles. The van der Waals surface area contributed by atoms with Crippen molar-refractivity contribution >= 4 is 44.8 Å². The number of pyridine rings is 1. The van der Waals surface area contributed by atoms with E-state index in [2.05, 4.69) is 21.3 Å². The third kappa shape index (κ3) is 3.37. The maximum atomic E-state index is 12.5. The normalized spacial score (nSPS) is 12.8. The summed E-state index contributed by atoms with van der Waals surface area (Å²) in [5, 5.41) is 6.48. The fourth-order valence-corrected chi connectivity index (χ4v) is 4.37. The number of aryl methyl sites for hydroxylation is 1. The molecule has 0 spiro atoms. The molecule has 6 nitrogen and oxygen atoms in total. The Morgan fingerprint density at radius 2 is 1.97 bits per heavy atom. The molecule has 1 aliphatic rings. The number of thiazole rings is 1.